The Balaban J connectivity index is 1.53. The van der Waals surface area contributed by atoms with Crippen LogP contribution in [0.2, 0.25) is 5.02 Å². The van der Waals surface area contributed by atoms with Crippen LogP contribution < -0.4 is 15.4 Å². The van der Waals surface area contributed by atoms with Crippen LogP contribution in [0.15, 0.2) is 72.8 Å². The molecule has 0 aliphatic carbocycles. The van der Waals surface area contributed by atoms with E-state index in [1.54, 1.807) is 18.2 Å². The van der Waals surface area contributed by atoms with Crippen molar-refractivity contribution in [2.45, 2.75) is 0 Å². The van der Waals surface area contributed by atoms with Gasteiger partial charge in [0.05, 0.1) is 12.8 Å². The number of nitrogens with one attached hydrogen (secondary N) is 3. The van der Waals surface area contributed by atoms with Crippen LogP contribution in [0.25, 0.3) is 22.2 Å². The molecule has 0 saturated heterocycles. The highest BCUT2D eigenvalue weighted by molar-refractivity contribution is 6.31. The van der Waals surface area contributed by atoms with Gasteiger partial charge < -0.3 is 20.4 Å². The molecule has 4 rings (SSSR count). The number of anilines is 2. The Labute approximate surface area is 167 Å². The average Bonchev–Trinajstić information content (AvgIpc) is 3.13. The number of hydrogen-bond acceptors (Lipinski definition) is 2. The minimum Gasteiger partial charge on any atom is -0.495 e. The van der Waals surface area contributed by atoms with Crippen LogP contribution in [-0.4, -0.2) is 18.1 Å². The van der Waals surface area contributed by atoms with E-state index in [2.05, 4.69) is 27.8 Å². The lowest BCUT2D eigenvalue weighted by Gasteiger charge is -2.12. The molecule has 5 nitrogen and oxygen atoms in total. The van der Waals surface area contributed by atoms with E-state index in [-0.39, 0.29) is 6.03 Å². The molecule has 0 atom stereocenters. The normalized spacial score (nSPS) is 10.6. The zero-order valence-electron chi connectivity index (χ0n) is 15.1. The lowest BCUT2D eigenvalue weighted by atomic mass is 10.1. The van der Waals surface area contributed by atoms with Gasteiger partial charge in [-0.3, -0.25) is 0 Å². The maximum atomic E-state index is 12.4. The summed E-state index contributed by atoms with van der Waals surface area (Å²) in [5.74, 6) is 0.534. The van der Waals surface area contributed by atoms with Crippen molar-refractivity contribution in [3.05, 3.63) is 77.8 Å². The van der Waals surface area contributed by atoms with Crippen LogP contribution in [0.4, 0.5) is 16.2 Å². The summed E-state index contributed by atoms with van der Waals surface area (Å²) >= 11 is 6.01. The number of methoxy groups -OCH3 is 1. The van der Waals surface area contributed by atoms with Gasteiger partial charge in [0, 0.05) is 32.9 Å². The number of ether oxygens (including phenoxy) is 1. The Morgan fingerprint density at radius 1 is 0.964 bits per heavy atom. The minimum absolute atomic E-state index is 0.380. The SMILES string of the molecule is COc1ccc(Cl)cc1NC(=O)Nc1cccc(-c2cc3ccccc3[nH]2)c1. The van der Waals surface area contributed by atoms with Gasteiger partial charge in [0.2, 0.25) is 0 Å². The molecule has 0 unspecified atom stereocenters. The van der Waals surface area contributed by atoms with E-state index in [1.165, 1.54) is 7.11 Å². The number of rotatable bonds is 4. The number of para-hydroxylation sites is 1. The molecule has 0 aliphatic rings. The molecule has 3 N–H and O–H groups in total. The summed E-state index contributed by atoms with van der Waals surface area (Å²) in [6.07, 6.45) is 0. The molecule has 0 bridgehead atoms. The van der Waals surface area contributed by atoms with Gasteiger partial charge in [-0.15, -0.1) is 0 Å². The van der Waals surface area contributed by atoms with E-state index in [0.717, 1.165) is 22.2 Å². The second kappa shape index (κ2) is 7.66. The summed E-state index contributed by atoms with van der Waals surface area (Å²) in [6.45, 7) is 0. The number of urea groups is 1. The first-order valence-electron chi connectivity index (χ1n) is 8.72. The Bertz CT molecular complexity index is 1120. The molecule has 0 fully saturated rings. The first-order valence-corrected chi connectivity index (χ1v) is 9.10. The number of H-pyrrole nitrogens is 1. The van der Waals surface area contributed by atoms with Crippen molar-refractivity contribution < 1.29 is 9.53 Å². The lowest BCUT2D eigenvalue weighted by molar-refractivity contribution is 0.262. The van der Waals surface area contributed by atoms with E-state index < -0.39 is 0 Å². The van der Waals surface area contributed by atoms with Crippen LogP contribution in [0.5, 0.6) is 5.75 Å². The fourth-order valence-corrected chi connectivity index (χ4v) is 3.23. The molecule has 6 heteroatoms. The predicted octanol–water partition coefficient (Wildman–Crippen LogP) is 6.14. The topological polar surface area (TPSA) is 66.2 Å². The van der Waals surface area contributed by atoms with Crippen LogP contribution >= 0.6 is 11.6 Å². The van der Waals surface area contributed by atoms with Gasteiger partial charge >= 0.3 is 6.03 Å². The van der Waals surface area contributed by atoms with Gasteiger partial charge in [-0.05, 0) is 42.5 Å². The first-order chi connectivity index (χ1) is 13.6. The lowest BCUT2D eigenvalue weighted by Crippen LogP contribution is -2.19. The van der Waals surface area contributed by atoms with Crippen molar-refractivity contribution in [2.75, 3.05) is 17.7 Å². The number of carbonyl (C=O) groups is 1. The van der Waals surface area contributed by atoms with E-state index in [0.29, 0.717) is 22.1 Å². The molecule has 2 amide bonds. The summed E-state index contributed by atoms with van der Waals surface area (Å²) in [4.78, 5) is 15.8. The molecule has 140 valence electrons. The highest BCUT2D eigenvalue weighted by Crippen LogP contribution is 2.29. The number of aromatic nitrogens is 1. The molecule has 0 aliphatic heterocycles. The summed E-state index contributed by atoms with van der Waals surface area (Å²) in [7, 11) is 1.54. The highest BCUT2D eigenvalue weighted by atomic mass is 35.5. The summed E-state index contributed by atoms with van der Waals surface area (Å²) in [5, 5.41) is 7.26. The number of halogens is 1. The fourth-order valence-electron chi connectivity index (χ4n) is 3.06. The number of hydrogen-bond donors (Lipinski definition) is 3. The molecule has 3 aromatic carbocycles. The number of aromatic amines is 1. The Morgan fingerprint density at radius 2 is 1.82 bits per heavy atom. The zero-order chi connectivity index (χ0) is 19.5. The molecule has 1 heterocycles. The maximum Gasteiger partial charge on any atom is 0.323 e. The zero-order valence-corrected chi connectivity index (χ0v) is 15.9. The number of carbonyl (C=O) groups excluding carboxylic acids is 1. The predicted molar refractivity (Wildman–Crippen MR) is 114 cm³/mol. The summed E-state index contributed by atoms with van der Waals surface area (Å²) in [6, 6.07) is 22.5. The smallest absolute Gasteiger partial charge is 0.323 e. The van der Waals surface area contributed by atoms with E-state index in [9.17, 15) is 4.79 Å². The standard InChI is InChI=1S/C22H18ClN3O2/c1-28-21-10-9-16(23)13-20(21)26-22(27)24-17-7-4-6-14(11-17)19-12-15-5-2-3-8-18(15)25-19/h2-13,25H,1H3,(H2,24,26,27). The third-order valence-electron chi connectivity index (χ3n) is 4.37. The van der Waals surface area contributed by atoms with Crippen molar-refractivity contribution in [1.82, 2.24) is 4.98 Å². The highest BCUT2D eigenvalue weighted by Gasteiger charge is 2.10. The molecule has 0 radical (unpaired) electrons. The van der Waals surface area contributed by atoms with Gasteiger partial charge in [-0.1, -0.05) is 41.9 Å². The molecule has 4 aromatic rings. The summed E-state index contributed by atoms with van der Waals surface area (Å²) in [5.41, 5.74) is 4.21. The Morgan fingerprint density at radius 3 is 2.64 bits per heavy atom. The molecule has 0 spiro atoms. The van der Waals surface area contributed by atoms with E-state index >= 15 is 0 Å². The Kier molecular flexibility index (Phi) is 4.91. The van der Waals surface area contributed by atoms with Gasteiger partial charge in [-0.25, -0.2) is 4.79 Å². The van der Waals surface area contributed by atoms with Crippen molar-refractivity contribution >= 4 is 39.9 Å². The molecule has 28 heavy (non-hydrogen) atoms. The van der Waals surface area contributed by atoms with Gasteiger partial charge in [-0.2, -0.15) is 0 Å². The van der Waals surface area contributed by atoms with Crippen molar-refractivity contribution in [3.8, 4) is 17.0 Å². The molecular formula is C22H18ClN3O2. The summed E-state index contributed by atoms with van der Waals surface area (Å²) < 4.78 is 5.25. The van der Waals surface area contributed by atoms with Crippen molar-refractivity contribution in [2.24, 2.45) is 0 Å². The Hall–Kier alpha value is -3.44. The average molecular weight is 392 g/mol. The minimum atomic E-state index is -0.380. The third kappa shape index (κ3) is 3.80. The molecule has 0 saturated carbocycles. The second-order valence-electron chi connectivity index (χ2n) is 6.27. The van der Waals surface area contributed by atoms with Crippen molar-refractivity contribution in [3.63, 3.8) is 0 Å². The van der Waals surface area contributed by atoms with E-state index in [4.69, 9.17) is 16.3 Å². The van der Waals surface area contributed by atoms with Crippen molar-refractivity contribution in [1.29, 1.82) is 0 Å². The van der Waals surface area contributed by atoms with Crippen LogP contribution in [-0.2, 0) is 0 Å². The number of benzene rings is 3. The van der Waals surface area contributed by atoms with Gasteiger partial charge in [0.15, 0.2) is 0 Å². The fraction of sp³-hybridized carbons (Fsp3) is 0.0455. The van der Waals surface area contributed by atoms with Crippen LogP contribution in [0, 0.1) is 0 Å². The maximum absolute atomic E-state index is 12.4. The van der Waals surface area contributed by atoms with E-state index in [1.807, 2.05) is 42.5 Å². The largest absolute Gasteiger partial charge is 0.495 e. The second-order valence-corrected chi connectivity index (χ2v) is 6.71. The molecule has 1 aromatic heterocycles. The van der Waals surface area contributed by atoms with Crippen LogP contribution in [0.1, 0.15) is 0 Å². The quantitative estimate of drug-likeness (QED) is 0.391. The molecular weight excluding hydrogens is 374 g/mol. The first kappa shape index (κ1) is 17.9. The van der Waals surface area contributed by atoms with Crippen LogP contribution in [0.3, 0.4) is 0 Å². The van der Waals surface area contributed by atoms with Gasteiger partial charge in [0.1, 0.15) is 5.75 Å². The number of amides is 2. The monoisotopic (exact) mass is 391 g/mol. The number of fused-ring (bicyclic) bond motifs is 1. The third-order valence-corrected chi connectivity index (χ3v) is 4.61. The van der Waals surface area contributed by atoms with Gasteiger partial charge in [0.25, 0.3) is 0 Å².